The van der Waals surface area contributed by atoms with Crippen molar-refractivity contribution >= 4 is 33.0 Å². The number of nitrogens with zero attached hydrogens (tertiary/aromatic N) is 1. The van der Waals surface area contributed by atoms with Gasteiger partial charge in [-0.05, 0) is 12.8 Å². The summed E-state index contributed by atoms with van der Waals surface area (Å²) in [6.07, 6.45) is 1.82. The molecule has 1 fully saturated rings. The largest absolute Gasteiger partial charge is 0.392 e. The molecule has 0 aromatic heterocycles. The Hall–Kier alpha value is -0.690. The minimum atomic E-state index is -3.28. The third-order valence-electron chi connectivity index (χ3n) is 2.62. The standard InChI is InChI=1S/C9H16N2O3S2/c1-11(6-8(10)15)9(12)7-4-2-3-5-16(7,13)14/h7H,2-6H2,1H3,(H2,10,15). The zero-order valence-electron chi connectivity index (χ0n) is 9.18. The molecule has 7 heteroatoms. The quantitative estimate of drug-likeness (QED) is 0.708. The number of hydrogen-bond acceptors (Lipinski definition) is 4. The molecule has 0 aliphatic carbocycles. The van der Waals surface area contributed by atoms with Gasteiger partial charge in [0.15, 0.2) is 9.84 Å². The molecule has 1 atom stereocenters. The van der Waals surface area contributed by atoms with Crippen molar-refractivity contribution in [1.29, 1.82) is 0 Å². The fraction of sp³-hybridized carbons (Fsp3) is 0.778. The van der Waals surface area contributed by atoms with E-state index in [9.17, 15) is 13.2 Å². The van der Waals surface area contributed by atoms with Gasteiger partial charge in [0.05, 0.1) is 17.3 Å². The first kappa shape index (κ1) is 13.4. The van der Waals surface area contributed by atoms with Crippen molar-refractivity contribution in [3.05, 3.63) is 0 Å². The van der Waals surface area contributed by atoms with E-state index in [4.69, 9.17) is 5.73 Å². The number of hydrogen-bond donors (Lipinski definition) is 1. The predicted molar refractivity (Wildman–Crippen MR) is 65.8 cm³/mol. The number of rotatable bonds is 3. The van der Waals surface area contributed by atoms with E-state index < -0.39 is 21.0 Å². The summed E-state index contributed by atoms with van der Waals surface area (Å²) in [5.41, 5.74) is 5.32. The Balaban J connectivity index is 2.76. The van der Waals surface area contributed by atoms with Crippen LogP contribution in [-0.2, 0) is 14.6 Å². The molecule has 0 aromatic rings. The van der Waals surface area contributed by atoms with Crippen LogP contribution >= 0.6 is 12.2 Å². The Morgan fingerprint density at radius 1 is 1.50 bits per heavy atom. The van der Waals surface area contributed by atoms with E-state index in [0.717, 1.165) is 6.42 Å². The van der Waals surface area contributed by atoms with Gasteiger partial charge in [0.1, 0.15) is 5.25 Å². The Kier molecular flexibility index (Phi) is 4.26. The summed E-state index contributed by atoms with van der Waals surface area (Å²) in [5.74, 6) is -0.294. The van der Waals surface area contributed by atoms with Gasteiger partial charge < -0.3 is 10.6 Å². The maximum absolute atomic E-state index is 11.9. The van der Waals surface area contributed by atoms with Crippen molar-refractivity contribution in [2.75, 3.05) is 19.3 Å². The molecule has 0 spiro atoms. The normalized spacial score (nSPS) is 23.7. The highest BCUT2D eigenvalue weighted by Crippen LogP contribution is 2.20. The Morgan fingerprint density at radius 2 is 2.12 bits per heavy atom. The van der Waals surface area contributed by atoms with Gasteiger partial charge in [0.25, 0.3) is 0 Å². The van der Waals surface area contributed by atoms with E-state index in [2.05, 4.69) is 12.2 Å². The van der Waals surface area contributed by atoms with Crippen molar-refractivity contribution in [2.24, 2.45) is 5.73 Å². The maximum atomic E-state index is 11.9. The van der Waals surface area contributed by atoms with Crippen LogP contribution in [0.2, 0.25) is 0 Å². The molecule has 92 valence electrons. The van der Waals surface area contributed by atoms with Gasteiger partial charge in [-0.1, -0.05) is 18.6 Å². The molecule has 1 amide bonds. The molecular formula is C9H16N2O3S2. The lowest BCUT2D eigenvalue weighted by Gasteiger charge is -2.26. The average Bonchev–Trinajstić information content (AvgIpc) is 2.15. The van der Waals surface area contributed by atoms with Crippen LogP contribution in [-0.4, -0.2) is 48.8 Å². The molecule has 1 aliphatic rings. The third-order valence-corrected chi connectivity index (χ3v) is 4.91. The van der Waals surface area contributed by atoms with Crippen LogP contribution in [0.25, 0.3) is 0 Å². The number of amides is 1. The second kappa shape index (κ2) is 5.09. The van der Waals surface area contributed by atoms with Crippen molar-refractivity contribution < 1.29 is 13.2 Å². The molecule has 1 heterocycles. The number of nitrogens with two attached hydrogens (primary N) is 1. The van der Waals surface area contributed by atoms with Crippen LogP contribution in [0.4, 0.5) is 0 Å². The molecule has 16 heavy (non-hydrogen) atoms. The highest BCUT2D eigenvalue weighted by molar-refractivity contribution is 7.92. The van der Waals surface area contributed by atoms with Gasteiger partial charge in [-0.3, -0.25) is 4.79 Å². The monoisotopic (exact) mass is 264 g/mol. The van der Waals surface area contributed by atoms with Crippen molar-refractivity contribution in [2.45, 2.75) is 24.5 Å². The Bertz CT molecular complexity index is 392. The van der Waals surface area contributed by atoms with Gasteiger partial charge in [0, 0.05) is 7.05 Å². The minimum Gasteiger partial charge on any atom is -0.392 e. The fourth-order valence-corrected chi connectivity index (χ4v) is 3.89. The minimum absolute atomic E-state index is 0.102. The first-order valence-electron chi connectivity index (χ1n) is 5.09. The number of thiocarbonyl (C=S) groups is 1. The van der Waals surface area contributed by atoms with Gasteiger partial charge in [-0.25, -0.2) is 8.42 Å². The highest BCUT2D eigenvalue weighted by Gasteiger charge is 2.36. The Labute approximate surface area is 101 Å². The van der Waals surface area contributed by atoms with E-state index in [0.29, 0.717) is 12.8 Å². The maximum Gasteiger partial charge on any atom is 0.241 e. The van der Waals surface area contributed by atoms with Gasteiger partial charge in [-0.2, -0.15) is 0 Å². The second-order valence-corrected chi connectivity index (χ2v) is 6.84. The van der Waals surface area contributed by atoms with Crippen molar-refractivity contribution in [3.8, 4) is 0 Å². The summed E-state index contributed by atoms with van der Waals surface area (Å²) in [6.45, 7) is 0.125. The SMILES string of the molecule is CN(CC(N)=S)C(=O)C1CCCCS1(=O)=O. The number of likely N-dealkylation sites (N-methyl/N-ethyl adjacent to an activating group) is 1. The molecule has 0 radical (unpaired) electrons. The fourth-order valence-electron chi connectivity index (χ4n) is 1.79. The van der Waals surface area contributed by atoms with E-state index >= 15 is 0 Å². The topological polar surface area (TPSA) is 80.5 Å². The van der Waals surface area contributed by atoms with E-state index in [1.807, 2.05) is 0 Å². The molecule has 5 nitrogen and oxygen atoms in total. The van der Waals surface area contributed by atoms with Crippen LogP contribution in [0.15, 0.2) is 0 Å². The van der Waals surface area contributed by atoms with E-state index in [1.165, 1.54) is 11.9 Å². The molecule has 2 N–H and O–H groups in total. The zero-order chi connectivity index (χ0) is 12.3. The van der Waals surface area contributed by atoms with Crippen LogP contribution in [0.5, 0.6) is 0 Å². The van der Waals surface area contributed by atoms with Gasteiger partial charge in [-0.15, -0.1) is 0 Å². The summed E-state index contributed by atoms with van der Waals surface area (Å²) < 4.78 is 23.4. The van der Waals surface area contributed by atoms with Crippen molar-refractivity contribution in [3.63, 3.8) is 0 Å². The molecule has 0 saturated carbocycles. The summed E-state index contributed by atoms with van der Waals surface area (Å²) in [4.78, 5) is 13.4. The number of carbonyl (C=O) groups excluding carboxylic acids is 1. The first-order valence-corrected chi connectivity index (χ1v) is 7.22. The molecule has 0 aromatic carbocycles. The van der Waals surface area contributed by atoms with Gasteiger partial charge >= 0.3 is 0 Å². The summed E-state index contributed by atoms with van der Waals surface area (Å²) >= 11 is 4.68. The van der Waals surface area contributed by atoms with Crippen LogP contribution < -0.4 is 5.73 Å². The van der Waals surface area contributed by atoms with E-state index in [-0.39, 0.29) is 17.3 Å². The molecule has 1 aliphatic heterocycles. The van der Waals surface area contributed by atoms with Crippen molar-refractivity contribution in [1.82, 2.24) is 4.90 Å². The van der Waals surface area contributed by atoms with Gasteiger partial charge in [0.2, 0.25) is 5.91 Å². The van der Waals surface area contributed by atoms with Crippen LogP contribution in [0, 0.1) is 0 Å². The smallest absolute Gasteiger partial charge is 0.241 e. The zero-order valence-corrected chi connectivity index (χ0v) is 10.8. The third kappa shape index (κ3) is 3.15. The van der Waals surface area contributed by atoms with Crippen LogP contribution in [0.1, 0.15) is 19.3 Å². The number of sulfone groups is 1. The van der Waals surface area contributed by atoms with E-state index in [1.54, 1.807) is 0 Å². The molecule has 1 saturated heterocycles. The lowest BCUT2D eigenvalue weighted by Crippen LogP contribution is -2.45. The molecule has 1 rings (SSSR count). The molecule has 0 bridgehead atoms. The number of carbonyl (C=O) groups is 1. The second-order valence-electron chi connectivity index (χ2n) is 4.01. The Morgan fingerprint density at radius 3 is 2.62 bits per heavy atom. The molecule has 1 unspecified atom stereocenters. The average molecular weight is 264 g/mol. The first-order chi connectivity index (χ1) is 7.34. The molecular weight excluding hydrogens is 248 g/mol. The lowest BCUT2D eigenvalue weighted by molar-refractivity contribution is -0.128. The highest BCUT2D eigenvalue weighted by atomic mass is 32.2. The predicted octanol–water partition coefficient (Wildman–Crippen LogP) is -0.302. The van der Waals surface area contributed by atoms with Crippen LogP contribution in [0.3, 0.4) is 0 Å². The lowest BCUT2D eigenvalue weighted by atomic mass is 10.2. The summed E-state index contributed by atoms with van der Waals surface area (Å²) in [7, 11) is -1.76. The summed E-state index contributed by atoms with van der Waals surface area (Å²) in [6, 6.07) is 0. The summed E-state index contributed by atoms with van der Waals surface area (Å²) in [5, 5.41) is -0.902.